The summed E-state index contributed by atoms with van der Waals surface area (Å²) in [7, 11) is 0. The van der Waals surface area contributed by atoms with E-state index < -0.39 is 0 Å². The van der Waals surface area contributed by atoms with Gasteiger partial charge in [-0.05, 0) is 48.9 Å². The smallest absolute Gasteiger partial charge is 0.203 e. The number of thiazole rings is 1. The average molecular weight is 327 g/mol. The van der Waals surface area contributed by atoms with Gasteiger partial charge in [-0.25, -0.2) is 9.37 Å². The molecule has 2 aromatic carbocycles. The highest BCUT2D eigenvalue weighted by atomic mass is 32.1. The SMILES string of the molecule is Cc1csc(NN=Cc2ccc(Oc3cccc(F)c3)cc2)n1. The summed E-state index contributed by atoms with van der Waals surface area (Å²) in [5.41, 5.74) is 4.76. The Bertz CT molecular complexity index is 815. The number of hydrogen-bond acceptors (Lipinski definition) is 5. The van der Waals surface area contributed by atoms with Crippen molar-refractivity contribution in [3.05, 3.63) is 71.0 Å². The molecule has 116 valence electrons. The maximum absolute atomic E-state index is 13.1. The fourth-order valence-electron chi connectivity index (χ4n) is 1.86. The molecule has 3 aromatic rings. The Labute approximate surface area is 137 Å². The van der Waals surface area contributed by atoms with Crippen LogP contribution < -0.4 is 10.2 Å². The molecule has 1 heterocycles. The Hall–Kier alpha value is -2.73. The van der Waals surface area contributed by atoms with Crippen molar-refractivity contribution in [3.63, 3.8) is 0 Å². The highest BCUT2D eigenvalue weighted by Crippen LogP contribution is 2.22. The minimum absolute atomic E-state index is 0.324. The number of ether oxygens (including phenoxy) is 1. The van der Waals surface area contributed by atoms with Gasteiger partial charge in [-0.15, -0.1) is 11.3 Å². The lowest BCUT2D eigenvalue weighted by Gasteiger charge is -2.05. The molecule has 0 spiro atoms. The van der Waals surface area contributed by atoms with E-state index in [1.54, 1.807) is 30.5 Å². The third-order valence-electron chi connectivity index (χ3n) is 2.90. The second-order valence-electron chi connectivity index (χ2n) is 4.79. The van der Waals surface area contributed by atoms with E-state index in [-0.39, 0.29) is 5.82 Å². The highest BCUT2D eigenvalue weighted by molar-refractivity contribution is 7.13. The molecule has 0 saturated carbocycles. The van der Waals surface area contributed by atoms with Crippen LogP contribution in [0.15, 0.2) is 59.0 Å². The molecule has 4 nitrogen and oxygen atoms in total. The zero-order chi connectivity index (χ0) is 16.1. The van der Waals surface area contributed by atoms with E-state index in [9.17, 15) is 4.39 Å². The zero-order valence-corrected chi connectivity index (χ0v) is 13.2. The zero-order valence-electron chi connectivity index (χ0n) is 12.4. The van der Waals surface area contributed by atoms with Gasteiger partial charge in [-0.2, -0.15) is 5.10 Å². The van der Waals surface area contributed by atoms with E-state index in [4.69, 9.17) is 4.74 Å². The van der Waals surface area contributed by atoms with Crippen molar-refractivity contribution in [3.8, 4) is 11.5 Å². The summed E-state index contributed by atoms with van der Waals surface area (Å²) in [5, 5.41) is 6.84. The van der Waals surface area contributed by atoms with E-state index in [1.807, 2.05) is 24.4 Å². The van der Waals surface area contributed by atoms with Gasteiger partial charge in [-0.3, -0.25) is 5.43 Å². The first-order chi connectivity index (χ1) is 11.2. The molecule has 0 saturated heterocycles. The van der Waals surface area contributed by atoms with E-state index in [2.05, 4.69) is 15.5 Å². The molecule has 23 heavy (non-hydrogen) atoms. The lowest BCUT2D eigenvalue weighted by atomic mass is 10.2. The molecule has 0 radical (unpaired) electrons. The van der Waals surface area contributed by atoms with Crippen LogP contribution in [0.3, 0.4) is 0 Å². The Morgan fingerprint density at radius 1 is 1.17 bits per heavy atom. The Balaban J connectivity index is 1.60. The maximum Gasteiger partial charge on any atom is 0.203 e. The molecule has 0 amide bonds. The van der Waals surface area contributed by atoms with Crippen molar-refractivity contribution in [2.24, 2.45) is 5.10 Å². The van der Waals surface area contributed by atoms with Crippen LogP contribution in [0.1, 0.15) is 11.3 Å². The van der Waals surface area contributed by atoms with Crippen molar-refractivity contribution in [2.75, 3.05) is 5.43 Å². The standard InChI is InChI=1S/C17H14FN3OS/c1-12-11-23-17(20-12)21-19-10-13-5-7-15(8-6-13)22-16-4-2-3-14(18)9-16/h2-11H,1H3,(H,20,21). The monoisotopic (exact) mass is 327 g/mol. The molecule has 0 fully saturated rings. The van der Waals surface area contributed by atoms with E-state index in [1.165, 1.54) is 23.5 Å². The van der Waals surface area contributed by atoms with E-state index >= 15 is 0 Å². The molecular formula is C17H14FN3OS. The lowest BCUT2D eigenvalue weighted by Crippen LogP contribution is -1.90. The summed E-state index contributed by atoms with van der Waals surface area (Å²) >= 11 is 1.50. The minimum Gasteiger partial charge on any atom is -0.457 e. The summed E-state index contributed by atoms with van der Waals surface area (Å²) < 4.78 is 18.7. The Kier molecular flexibility index (Phi) is 4.63. The first-order valence-electron chi connectivity index (χ1n) is 6.94. The molecule has 6 heteroatoms. The summed E-state index contributed by atoms with van der Waals surface area (Å²) in [4.78, 5) is 4.25. The second-order valence-corrected chi connectivity index (χ2v) is 5.65. The number of nitrogens with one attached hydrogen (secondary N) is 1. The summed E-state index contributed by atoms with van der Waals surface area (Å²) in [6, 6.07) is 13.4. The van der Waals surface area contributed by atoms with Gasteiger partial charge >= 0.3 is 0 Å². The number of anilines is 1. The largest absolute Gasteiger partial charge is 0.457 e. The van der Waals surface area contributed by atoms with Crippen molar-refractivity contribution in [1.82, 2.24) is 4.98 Å². The highest BCUT2D eigenvalue weighted by Gasteiger charge is 1.99. The fraction of sp³-hybridized carbons (Fsp3) is 0.0588. The number of halogens is 1. The Morgan fingerprint density at radius 3 is 2.70 bits per heavy atom. The molecule has 1 N–H and O–H groups in total. The lowest BCUT2D eigenvalue weighted by molar-refractivity contribution is 0.477. The fourth-order valence-corrected chi connectivity index (χ4v) is 2.49. The predicted octanol–water partition coefficient (Wildman–Crippen LogP) is 4.83. The summed E-state index contributed by atoms with van der Waals surface area (Å²) in [6.45, 7) is 1.93. The maximum atomic E-state index is 13.1. The van der Waals surface area contributed by atoms with Crippen molar-refractivity contribution < 1.29 is 9.13 Å². The summed E-state index contributed by atoms with van der Waals surface area (Å²) in [6.07, 6.45) is 1.70. The van der Waals surface area contributed by atoms with Gasteiger partial charge in [0.2, 0.25) is 5.13 Å². The molecule has 0 aliphatic rings. The van der Waals surface area contributed by atoms with Crippen molar-refractivity contribution in [1.29, 1.82) is 0 Å². The molecule has 0 bridgehead atoms. The first-order valence-corrected chi connectivity index (χ1v) is 7.82. The molecule has 3 rings (SSSR count). The van der Waals surface area contributed by atoms with Crippen LogP contribution in [0.5, 0.6) is 11.5 Å². The number of hydrazone groups is 1. The van der Waals surface area contributed by atoms with Gasteiger partial charge < -0.3 is 4.74 Å². The molecule has 0 atom stereocenters. The normalized spacial score (nSPS) is 10.9. The van der Waals surface area contributed by atoms with Crippen LogP contribution in [0.2, 0.25) is 0 Å². The number of aryl methyl sites for hydroxylation is 1. The molecule has 0 aliphatic carbocycles. The van der Waals surface area contributed by atoms with Crippen LogP contribution in [0.25, 0.3) is 0 Å². The van der Waals surface area contributed by atoms with Gasteiger partial charge in [0.05, 0.1) is 11.9 Å². The Morgan fingerprint density at radius 2 is 2.00 bits per heavy atom. The van der Waals surface area contributed by atoms with Gasteiger partial charge in [0, 0.05) is 11.4 Å². The number of hydrogen-bond donors (Lipinski definition) is 1. The first kappa shape index (κ1) is 15.2. The van der Waals surface area contributed by atoms with Crippen LogP contribution in [-0.4, -0.2) is 11.2 Å². The van der Waals surface area contributed by atoms with Crippen LogP contribution in [-0.2, 0) is 0 Å². The number of nitrogens with zero attached hydrogens (tertiary/aromatic N) is 2. The number of benzene rings is 2. The topological polar surface area (TPSA) is 46.5 Å². The quantitative estimate of drug-likeness (QED) is 0.539. The van der Waals surface area contributed by atoms with Crippen molar-refractivity contribution >= 4 is 22.7 Å². The van der Waals surface area contributed by atoms with Gasteiger partial charge in [0.25, 0.3) is 0 Å². The third kappa shape index (κ3) is 4.37. The third-order valence-corrected chi connectivity index (χ3v) is 3.77. The van der Waals surface area contributed by atoms with E-state index in [0.29, 0.717) is 11.5 Å². The average Bonchev–Trinajstić information content (AvgIpc) is 2.95. The van der Waals surface area contributed by atoms with E-state index in [0.717, 1.165) is 16.4 Å². The number of rotatable bonds is 5. The molecule has 1 aromatic heterocycles. The van der Waals surface area contributed by atoms with Crippen LogP contribution >= 0.6 is 11.3 Å². The summed E-state index contributed by atoms with van der Waals surface area (Å²) in [5.74, 6) is 0.776. The van der Waals surface area contributed by atoms with Gasteiger partial charge in [0.1, 0.15) is 17.3 Å². The second kappa shape index (κ2) is 7.02. The minimum atomic E-state index is -0.324. The number of aromatic nitrogens is 1. The molecule has 0 unspecified atom stereocenters. The van der Waals surface area contributed by atoms with Crippen LogP contribution in [0, 0.1) is 12.7 Å². The predicted molar refractivity (Wildman–Crippen MR) is 91.0 cm³/mol. The van der Waals surface area contributed by atoms with Crippen molar-refractivity contribution in [2.45, 2.75) is 6.92 Å². The molecule has 0 aliphatic heterocycles. The van der Waals surface area contributed by atoms with Crippen LogP contribution in [0.4, 0.5) is 9.52 Å². The van der Waals surface area contributed by atoms with Gasteiger partial charge in [0.15, 0.2) is 0 Å². The van der Waals surface area contributed by atoms with Gasteiger partial charge in [-0.1, -0.05) is 6.07 Å². The molecular weight excluding hydrogens is 313 g/mol.